The molecule has 3 heterocycles. The molecule has 0 aliphatic rings. The van der Waals surface area contributed by atoms with E-state index in [0.717, 1.165) is 25.2 Å². The predicted octanol–water partition coefficient (Wildman–Crippen LogP) is 4.99. The number of nitrogens with zero attached hydrogens (tertiary/aromatic N) is 4. The molecule has 4 rings (SSSR count). The van der Waals surface area contributed by atoms with Crippen LogP contribution in [-0.2, 0) is 11.2 Å². The largest absolute Gasteiger partial charge is 0.481 e. The smallest absolute Gasteiger partial charge is 0.309 e. The monoisotopic (exact) mass is 478 g/mol. The third-order valence-electron chi connectivity index (χ3n) is 3.50. The van der Waals surface area contributed by atoms with Gasteiger partial charge in [-0.3, -0.25) is 9.36 Å². The van der Waals surface area contributed by atoms with Crippen LogP contribution in [0.4, 0.5) is 0 Å². The van der Waals surface area contributed by atoms with Crippen molar-refractivity contribution >= 4 is 56.3 Å². The van der Waals surface area contributed by atoms with Crippen molar-refractivity contribution in [1.82, 2.24) is 19.7 Å². The molecular weight excluding hydrogens is 468 g/mol. The van der Waals surface area contributed by atoms with Crippen molar-refractivity contribution < 1.29 is 9.90 Å². The van der Waals surface area contributed by atoms with Gasteiger partial charge >= 0.3 is 5.97 Å². The molecule has 0 fully saturated rings. The van der Waals surface area contributed by atoms with Crippen molar-refractivity contribution in [3.8, 4) is 16.4 Å². The molecule has 0 unspecified atom stereocenters. The van der Waals surface area contributed by atoms with Gasteiger partial charge < -0.3 is 5.11 Å². The Morgan fingerprint density at radius 3 is 2.70 bits per heavy atom. The molecule has 0 aliphatic carbocycles. The first kappa shape index (κ1) is 18.4. The summed E-state index contributed by atoms with van der Waals surface area (Å²) < 4.78 is 3.71. The van der Waals surface area contributed by atoms with Crippen molar-refractivity contribution in [2.45, 2.75) is 15.9 Å². The maximum absolute atomic E-state index is 10.9. The molecule has 0 spiro atoms. The van der Waals surface area contributed by atoms with Gasteiger partial charge in [0, 0.05) is 15.5 Å². The van der Waals surface area contributed by atoms with Crippen LogP contribution in [0, 0.1) is 0 Å². The zero-order chi connectivity index (χ0) is 18.8. The van der Waals surface area contributed by atoms with Gasteiger partial charge in [0.2, 0.25) is 5.16 Å². The van der Waals surface area contributed by atoms with E-state index in [1.165, 1.54) is 23.1 Å². The van der Waals surface area contributed by atoms with Crippen LogP contribution < -0.4 is 0 Å². The molecule has 0 amide bonds. The van der Waals surface area contributed by atoms with E-state index in [1.807, 2.05) is 46.3 Å². The summed E-state index contributed by atoms with van der Waals surface area (Å²) in [5, 5.41) is 22.1. The number of aliphatic carboxylic acids is 1. The number of hydrogen-bond acceptors (Lipinski definition) is 7. The number of hydrogen-bond donors (Lipinski definition) is 1. The van der Waals surface area contributed by atoms with Gasteiger partial charge in [0.15, 0.2) is 10.2 Å². The second-order valence-corrected chi connectivity index (χ2v) is 9.31. The number of aromatic nitrogens is 4. The molecule has 4 aromatic rings. The lowest BCUT2D eigenvalue weighted by atomic mass is 10.3. The summed E-state index contributed by atoms with van der Waals surface area (Å²) in [5.74, 6) is -0.132. The number of rotatable bonds is 6. The zero-order valence-corrected chi connectivity index (χ0v) is 17.6. The summed E-state index contributed by atoms with van der Waals surface area (Å²) >= 11 is 7.84. The van der Waals surface area contributed by atoms with Crippen molar-refractivity contribution in [2.75, 3.05) is 0 Å². The SMILES string of the molecule is O=C(O)Cc1csc(Sc2nnc(-c3cccs3)n2-c2ccc(Br)cc2)n1. The van der Waals surface area contributed by atoms with Gasteiger partial charge in [-0.2, -0.15) is 0 Å². The van der Waals surface area contributed by atoms with Crippen LogP contribution >= 0.6 is 50.4 Å². The third-order valence-corrected chi connectivity index (χ3v) is 6.83. The number of benzene rings is 1. The Kier molecular flexibility index (Phi) is 5.39. The number of carboxylic acids is 1. The Bertz CT molecular complexity index is 1070. The normalized spacial score (nSPS) is 11.0. The quantitative estimate of drug-likeness (QED) is 0.420. The van der Waals surface area contributed by atoms with Gasteiger partial charge in [0.1, 0.15) is 0 Å². The molecule has 0 saturated carbocycles. The molecule has 0 saturated heterocycles. The maximum Gasteiger partial charge on any atom is 0.309 e. The van der Waals surface area contributed by atoms with Crippen molar-refractivity contribution in [1.29, 1.82) is 0 Å². The van der Waals surface area contributed by atoms with E-state index >= 15 is 0 Å². The first-order valence-electron chi connectivity index (χ1n) is 7.69. The van der Waals surface area contributed by atoms with E-state index in [2.05, 4.69) is 31.1 Å². The molecule has 6 nitrogen and oxygen atoms in total. The molecule has 10 heteroatoms. The summed E-state index contributed by atoms with van der Waals surface area (Å²) in [6.45, 7) is 0. The average molecular weight is 479 g/mol. The lowest BCUT2D eigenvalue weighted by Crippen LogP contribution is -2.00. The fourth-order valence-electron chi connectivity index (χ4n) is 2.37. The van der Waals surface area contributed by atoms with Gasteiger partial charge in [-0.25, -0.2) is 4.98 Å². The van der Waals surface area contributed by atoms with Gasteiger partial charge in [-0.1, -0.05) is 22.0 Å². The third kappa shape index (κ3) is 4.13. The first-order valence-corrected chi connectivity index (χ1v) is 11.1. The van der Waals surface area contributed by atoms with Gasteiger partial charge in [-0.15, -0.1) is 32.9 Å². The molecule has 27 heavy (non-hydrogen) atoms. The van der Waals surface area contributed by atoms with E-state index in [4.69, 9.17) is 5.11 Å². The van der Waals surface area contributed by atoms with E-state index in [9.17, 15) is 4.79 Å². The van der Waals surface area contributed by atoms with Crippen LogP contribution in [0.2, 0.25) is 0 Å². The second kappa shape index (κ2) is 7.93. The summed E-state index contributed by atoms with van der Waals surface area (Å²) in [4.78, 5) is 16.3. The zero-order valence-electron chi connectivity index (χ0n) is 13.6. The van der Waals surface area contributed by atoms with Crippen LogP contribution in [0.3, 0.4) is 0 Å². The minimum absolute atomic E-state index is 0.0864. The number of carboxylic acid groups (broad SMARTS) is 1. The van der Waals surface area contributed by atoms with Crippen molar-refractivity contribution in [3.05, 3.63) is 57.3 Å². The number of carbonyl (C=O) groups is 1. The number of thiazole rings is 1. The van der Waals surface area contributed by atoms with Crippen LogP contribution in [0.25, 0.3) is 16.4 Å². The Labute approximate surface area is 175 Å². The minimum atomic E-state index is -0.894. The van der Waals surface area contributed by atoms with Crippen LogP contribution in [-0.4, -0.2) is 30.8 Å². The summed E-state index contributed by atoms with van der Waals surface area (Å²) in [6.07, 6.45) is -0.0864. The molecule has 1 aromatic carbocycles. The molecular formula is C17H11BrN4O2S3. The summed E-state index contributed by atoms with van der Waals surface area (Å²) in [5.41, 5.74) is 1.49. The second-order valence-electron chi connectivity index (χ2n) is 5.37. The predicted molar refractivity (Wildman–Crippen MR) is 110 cm³/mol. The Morgan fingerprint density at radius 1 is 1.19 bits per heavy atom. The molecule has 3 aromatic heterocycles. The van der Waals surface area contributed by atoms with E-state index in [1.54, 1.807) is 16.7 Å². The van der Waals surface area contributed by atoms with Gasteiger partial charge in [-0.05, 0) is 47.5 Å². The lowest BCUT2D eigenvalue weighted by Gasteiger charge is -2.08. The highest BCUT2D eigenvalue weighted by Crippen LogP contribution is 2.35. The highest BCUT2D eigenvalue weighted by Gasteiger charge is 2.19. The molecule has 136 valence electrons. The molecule has 0 radical (unpaired) electrons. The van der Waals surface area contributed by atoms with E-state index in [-0.39, 0.29) is 6.42 Å². The van der Waals surface area contributed by atoms with Crippen molar-refractivity contribution in [3.63, 3.8) is 0 Å². The minimum Gasteiger partial charge on any atom is -0.481 e. The molecule has 0 bridgehead atoms. The summed E-state index contributed by atoms with van der Waals surface area (Å²) in [7, 11) is 0. The Morgan fingerprint density at radius 2 is 2.00 bits per heavy atom. The van der Waals surface area contributed by atoms with Gasteiger partial charge in [0.25, 0.3) is 0 Å². The molecule has 0 atom stereocenters. The van der Waals surface area contributed by atoms with Crippen LogP contribution in [0.15, 0.2) is 61.1 Å². The lowest BCUT2D eigenvalue weighted by molar-refractivity contribution is -0.136. The Balaban J connectivity index is 1.73. The standard InChI is InChI=1S/C17H11BrN4O2S3/c18-10-3-5-12(6-4-10)22-15(13-2-1-7-25-13)20-21-16(22)27-17-19-11(9-26-17)8-14(23)24/h1-7,9H,8H2,(H,23,24). The van der Waals surface area contributed by atoms with E-state index < -0.39 is 5.97 Å². The van der Waals surface area contributed by atoms with Crippen molar-refractivity contribution in [2.24, 2.45) is 0 Å². The molecule has 1 N–H and O–H groups in total. The first-order chi connectivity index (χ1) is 13.1. The average Bonchev–Trinajstić information content (AvgIpc) is 3.37. The van der Waals surface area contributed by atoms with E-state index in [0.29, 0.717) is 10.9 Å². The van der Waals surface area contributed by atoms with Crippen LogP contribution in [0.1, 0.15) is 5.69 Å². The topological polar surface area (TPSA) is 80.9 Å². The maximum atomic E-state index is 10.9. The summed E-state index contributed by atoms with van der Waals surface area (Å²) in [6, 6.07) is 11.9. The fraction of sp³-hybridized carbons (Fsp3) is 0.0588. The Hall–Kier alpha value is -2.01. The fourth-order valence-corrected chi connectivity index (χ4v) is 5.12. The highest BCUT2D eigenvalue weighted by atomic mass is 79.9. The highest BCUT2D eigenvalue weighted by molar-refractivity contribution is 9.10. The number of thiophene rings is 1. The number of halogens is 1. The van der Waals surface area contributed by atoms with Gasteiger partial charge in [0.05, 0.1) is 17.0 Å². The van der Waals surface area contributed by atoms with Crippen LogP contribution in [0.5, 0.6) is 0 Å². The molecule has 0 aliphatic heterocycles.